The van der Waals surface area contributed by atoms with E-state index in [4.69, 9.17) is 0 Å². The predicted molar refractivity (Wildman–Crippen MR) is 125 cm³/mol. The molecule has 2 N–H and O–H groups in total. The molecule has 0 bridgehead atoms. The molecule has 4 rings (SSSR count). The second-order valence-electron chi connectivity index (χ2n) is 12.4. The first-order valence-electron chi connectivity index (χ1n) is 13.1. The molecule has 0 aromatic carbocycles. The summed E-state index contributed by atoms with van der Waals surface area (Å²) in [6, 6.07) is -0.311. The zero-order valence-electron chi connectivity index (χ0n) is 21.0. The fourth-order valence-electron chi connectivity index (χ4n) is 8.35. The first-order chi connectivity index (χ1) is 15.5. The van der Waals surface area contributed by atoms with Crippen molar-refractivity contribution in [2.75, 3.05) is 0 Å². The van der Waals surface area contributed by atoms with Gasteiger partial charge in [-0.25, -0.2) is 0 Å². The summed E-state index contributed by atoms with van der Waals surface area (Å²) in [6.45, 7) is 10.1. The van der Waals surface area contributed by atoms with Gasteiger partial charge >= 0.3 is 0 Å². The van der Waals surface area contributed by atoms with Crippen LogP contribution in [0.2, 0.25) is 0 Å². The Morgan fingerprint density at radius 1 is 1.06 bits per heavy atom. The molecule has 1 saturated heterocycles. The molecule has 0 radical (unpaired) electrons. The summed E-state index contributed by atoms with van der Waals surface area (Å²) in [7, 11) is 0. The molecule has 0 aromatic heterocycles. The topological polar surface area (TPSA) is 58.2 Å². The molecule has 4 aliphatic rings. The van der Waals surface area contributed by atoms with E-state index in [1.54, 1.807) is 0 Å². The average Bonchev–Trinajstić information content (AvgIpc) is 3.10. The van der Waals surface area contributed by atoms with Gasteiger partial charge in [-0.05, 0) is 92.8 Å². The van der Waals surface area contributed by atoms with Crippen molar-refractivity contribution in [1.29, 1.82) is 0 Å². The number of carbonyl (C=O) groups excluding carboxylic acids is 2. The van der Waals surface area contributed by atoms with E-state index in [1.807, 2.05) is 13.8 Å². The van der Waals surface area contributed by atoms with Crippen molar-refractivity contribution < 1.29 is 18.4 Å². The van der Waals surface area contributed by atoms with E-state index < -0.39 is 12.1 Å². The van der Waals surface area contributed by atoms with Crippen molar-refractivity contribution in [3.63, 3.8) is 0 Å². The summed E-state index contributed by atoms with van der Waals surface area (Å²) in [5.74, 6) is 1.96. The quantitative estimate of drug-likeness (QED) is 0.538. The Labute approximate surface area is 197 Å². The zero-order chi connectivity index (χ0) is 24.1. The standard InChI is InChI=1S/C27H42F2N2O2/c1-15(2)14-21(16(3)24(28)29)30-25(33)20-8-7-18-17-6-9-22-27(5,13-11-23(32)31-22)19(17)10-12-26(18,20)4/h15,17-22H,6-14H2,1-5H3,(H,30,33)(H,31,32)/t17-,18-,19+,20?,21?,22?,26-,27+/m0/s1. The highest BCUT2D eigenvalue weighted by molar-refractivity contribution is 5.80. The first kappa shape index (κ1) is 24.7. The fraction of sp³-hybridized carbons (Fsp3) is 0.852. The molecule has 33 heavy (non-hydrogen) atoms. The highest BCUT2D eigenvalue weighted by atomic mass is 19.3. The van der Waals surface area contributed by atoms with Crippen LogP contribution in [-0.4, -0.2) is 23.9 Å². The van der Waals surface area contributed by atoms with Crippen LogP contribution in [0.25, 0.3) is 0 Å². The minimum Gasteiger partial charge on any atom is -0.353 e. The minimum absolute atomic E-state index is 0.00829. The van der Waals surface area contributed by atoms with Crippen LogP contribution in [0.15, 0.2) is 11.7 Å². The van der Waals surface area contributed by atoms with Crippen molar-refractivity contribution in [3.05, 3.63) is 11.7 Å². The van der Waals surface area contributed by atoms with Gasteiger partial charge in [-0.15, -0.1) is 0 Å². The third kappa shape index (κ3) is 4.25. The second kappa shape index (κ2) is 8.96. The van der Waals surface area contributed by atoms with Gasteiger partial charge in [-0.3, -0.25) is 9.59 Å². The van der Waals surface area contributed by atoms with E-state index in [-0.39, 0.29) is 46.1 Å². The van der Waals surface area contributed by atoms with Crippen LogP contribution in [0, 0.1) is 40.4 Å². The van der Waals surface area contributed by atoms with Crippen LogP contribution < -0.4 is 10.6 Å². The number of amides is 2. The number of hydrogen-bond donors (Lipinski definition) is 2. The minimum atomic E-state index is -1.68. The molecule has 186 valence electrons. The Kier molecular flexibility index (Phi) is 6.69. The van der Waals surface area contributed by atoms with Crippen LogP contribution >= 0.6 is 0 Å². The Balaban J connectivity index is 1.51. The number of rotatable bonds is 5. The van der Waals surface area contributed by atoms with E-state index in [2.05, 4.69) is 24.5 Å². The molecule has 0 spiro atoms. The molecule has 2 amide bonds. The predicted octanol–water partition coefficient (Wildman–Crippen LogP) is 5.83. The molecule has 3 saturated carbocycles. The van der Waals surface area contributed by atoms with Gasteiger partial charge in [-0.2, -0.15) is 8.78 Å². The highest BCUT2D eigenvalue weighted by Crippen LogP contribution is 2.65. The number of fused-ring (bicyclic) bond motifs is 5. The number of carbonyl (C=O) groups is 2. The largest absolute Gasteiger partial charge is 0.353 e. The van der Waals surface area contributed by atoms with Crippen molar-refractivity contribution in [2.24, 2.45) is 40.4 Å². The molecule has 6 heteroatoms. The van der Waals surface area contributed by atoms with Crippen LogP contribution in [0.5, 0.6) is 0 Å². The van der Waals surface area contributed by atoms with E-state index in [9.17, 15) is 18.4 Å². The van der Waals surface area contributed by atoms with E-state index in [1.165, 1.54) is 6.92 Å². The van der Waals surface area contributed by atoms with Crippen LogP contribution in [0.3, 0.4) is 0 Å². The smallest absolute Gasteiger partial charge is 0.271 e. The van der Waals surface area contributed by atoms with Gasteiger partial charge in [0.15, 0.2) is 0 Å². The zero-order valence-corrected chi connectivity index (χ0v) is 21.0. The molecular formula is C27H42F2N2O2. The summed E-state index contributed by atoms with van der Waals surface area (Å²) >= 11 is 0. The van der Waals surface area contributed by atoms with E-state index >= 15 is 0 Å². The average molecular weight is 465 g/mol. The van der Waals surface area contributed by atoms with Gasteiger partial charge in [0, 0.05) is 24.0 Å². The Morgan fingerprint density at radius 2 is 1.76 bits per heavy atom. The lowest BCUT2D eigenvalue weighted by atomic mass is 9.47. The molecule has 1 aliphatic heterocycles. The Hall–Kier alpha value is -1.46. The summed E-state index contributed by atoms with van der Waals surface area (Å²) in [5.41, 5.74) is 0.0771. The number of halogens is 2. The molecule has 3 unspecified atom stereocenters. The third-order valence-electron chi connectivity index (χ3n) is 10.3. The summed E-state index contributed by atoms with van der Waals surface area (Å²) in [6.07, 6.45) is 6.58. The van der Waals surface area contributed by atoms with Gasteiger partial charge in [0.25, 0.3) is 6.08 Å². The molecule has 0 aromatic rings. The summed E-state index contributed by atoms with van der Waals surface area (Å²) in [5, 5.41) is 6.31. The number of hydrogen-bond acceptors (Lipinski definition) is 2. The molecule has 1 heterocycles. The highest BCUT2D eigenvalue weighted by Gasteiger charge is 2.61. The van der Waals surface area contributed by atoms with Gasteiger partial charge in [0.05, 0.1) is 6.04 Å². The lowest BCUT2D eigenvalue weighted by molar-refractivity contribution is -0.142. The molecule has 4 fully saturated rings. The maximum Gasteiger partial charge on any atom is 0.271 e. The van der Waals surface area contributed by atoms with Crippen LogP contribution in [-0.2, 0) is 9.59 Å². The number of piperidine rings is 1. The van der Waals surface area contributed by atoms with Crippen molar-refractivity contribution in [2.45, 2.75) is 104 Å². The monoisotopic (exact) mass is 464 g/mol. The molecular weight excluding hydrogens is 422 g/mol. The Morgan fingerprint density at radius 3 is 2.42 bits per heavy atom. The SMILES string of the molecule is CC(=C(F)F)C(CC(C)C)NC(=O)C1CC[C@H]2[C@@H]3CCC4NC(=O)CC[C@]4(C)[C@@H]3CC[C@]12C. The van der Waals surface area contributed by atoms with E-state index in [0.717, 1.165) is 44.9 Å². The molecule has 3 aliphatic carbocycles. The summed E-state index contributed by atoms with van der Waals surface area (Å²) < 4.78 is 26.8. The van der Waals surface area contributed by atoms with E-state index in [0.29, 0.717) is 30.6 Å². The maximum atomic E-state index is 13.5. The molecule has 4 nitrogen and oxygen atoms in total. The summed E-state index contributed by atoms with van der Waals surface area (Å²) in [4.78, 5) is 25.5. The first-order valence-corrected chi connectivity index (χ1v) is 13.1. The lowest BCUT2D eigenvalue weighted by Crippen LogP contribution is -2.61. The second-order valence-corrected chi connectivity index (χ2v) is 12.4. The van der Waals surface area contributed by atoms with Crippen molar-refractivity contribution in [1.82, 2.24) is 10.6 Å². The van der Waals surface area contributed by atoms with Crippen molar-refractivity contribution in [3.8, 4) is 0 Å². The van der Waals surface area contributed by atoms with Gasteiger partial charge in [0.1, 0.15) is 0 Å². The fourth-order valence-corrected chi connectivity index (χ4v) is 8.35. The third-order valence-corrected chi connectivity index (χ3v) is 10.3. The Bertz CT molecular complexity index is 823. The van der Waals surface area contributed by atoms with Gasteiger partial charge < -0.3 is 10.6 Å². The van der Waals surface area contributed by atoms with Crippen LogP contribution in [0.1, 0.15) is 92.4 Å². The van der Waals surface area contributed by atoms with Gasteiger partial charge in [0.2, 0.25) is 11.8 Å². The normalized spacial score (nSPS) is 40.8. The van der Waals surface area contributed by atoms with Crippen molar-refractivity contribution >= 4 is 11.8 Å². The molecule has 8 atom stereocenters. The number of nitrogens with one attached hydrogen (secondary N) is 2. The maximum absolute atomic E-state index is 13.5. The van der Waals surface area contributed by atoms with Crippen LogP contribution in [0.4, 0.5) is 8.78 Å². The van der Waals surface area contributed by atoms with Gasteiger partial charge in [-0.1, -0.05) is 27.7 Å². The lowest BCUT2D eigenvalue weighted by Gasteiger charge is -2.60.